The molecule has 1 aliphatic rings. The van der Waals surface area contributed by atoms with Gasteiger partial charge in [0.25, 0.3) is 0 Å². The van der Waals surface area contributed by atoms with E-state index in [1.54, 1.807) is 6.08 Å². The molecule has 174 valence electrons. The van der Waals surface area contributed by atoms with Gasteiger partial charge in [0.1, 0.15) is 5.82 Å². The lowest BCUT2D eigenvalue weighted by molar-refractivity contribution is -0.205. The topological polar surface area (TPSA) is 18.5 Å². The average molecular weight is 462 g/mol. The maximum Gasteiger partial charge on any atom is 0.416 e. The Morgan fingerprint density at radius 3 is 2.06 bits per heavy atom. The molecule has 2 unspecified atom stereocenters. The normalized spacial score (nSPS) is 23.1. The lowest BCUT2D eigenvalue weighted by Gasteiger charge is -2.38. The summed E-state index contributed by atoms with van der Waals surface area (Å²) in [7, 11) is 0. The van der Waals surface area contributed by atoms with Crippen molar-refractivity contribution in [2.45, 2.75) is 44.0 Å². The van der Waals surface area contributed by atoms with Gasteiger partial charge in [0.15, 0.2) is 6.29 Å². The first-order valence-electron chi connectivity index (χ1n) is 9.84. The van der Waals surface area contributed by atoms with Crippen molar-refractivity contribution in [2.24, 2.45) is 5.92 Å². The summed E-state index contributed by atoms with van der Waals surface area (Å²) in [6.07, 6.45) is -9.76. The van der Waals surface area contributed by atoms with Gasteiger partial charge >= 0.3 is 12.4 Å². The first-order valence-corrected chi connectivity index (χ1v) is 9.84. The van der Waals surface area contributed by atoms with Crippen molar-refractivity contribution >= 4 is 0 Å². The van der Waals surface area contributed by atoms with E-state index in [-0.39, 0.29) is 24.2 Å². The molecular weight excluding hydrogens is 441 g/mol. The van der Waals surface area contributed by atoms with Crippen molar-refractivity contribution in [3.8, 4) is 0 Å². The van der Waals surface area contributed by atoms with Gasteiger partial charge in [0.2, 0.25) is 0 Å². The highest BCUT2D eigenvalue weighted by Crippen LogP contribution is 2.41. The van der Waals surface area contributed by atoms with Gasteiger partial charge in [-0.15, -0.1) is 6.58 Å². The summed E-state index contributed by atoms with van der Waals surface area (Å²) in [6.45, 7) is 5.42. The van der Waals surface area contributed by atoms with Crippen LogP contribution in [-0.4, -0.2) is 12.9 Å². The first-order chi connectivity index (χ1) is 14.9. The van der Waals surface area contributed by atoms with E-state index in [1.807, 2.05) is 0 Å². The molecule has 3 rings (SSSR count). The van der Waals surface area contributed by atoms with Crippen LogP contribution in [0.4, 0.5) is 30.7 Å². The zero-order valence-electron chi connectivity index (χ0n) is 17.0. The highest BCUT2D eigenvalue weighted by molar-refractivity contribution is 5.35. The minimum absolute atomic E-state index is 0.0718. The third-order valence-corrected chi connectivity index (χ3v) is 5.46. The zero-order chi connectivity index (χ0) is 23.7. The number of hydrogen-bond donors (Lipinski definition) is 0. The second-order valence-electron chi connectivity index (χ2n) is 7.62. The van der Waals surface area contributed by atoms with E-state index in [0.717, 1.165) is 0 Å². The number of alkyl halides is 6. The van der Waals surface area contributed by atoms with Crippen LogP contribution in [0.1, 0.15) is 47.6 Å². The van der Waals surface area contributed by atoms with Gasteiger partial charge < -0.3 is 9.47 Å². The van der Waals surface area contributed by atoms with Gasteiger partial charge in [-0.25, -0.2) is 4.39 Å². The smallest absolute Gasteiger partial charge is 0.352 e. The third-order valence-electron chi connectivity index (χ3n) is 5.46. The summed E-state index contributed by atoms with van der Waals surface area (Å²) in [5.74, 6) is -1.05. The summed E-state index contributed by atoms with van der Waals surface area (Å²) >= 11 is 0. The number of halogens is 7. The molecule has 9 heteroatoms. The second kappa shape index (κ2) is 9.23. The Labute approximate surface area is 180 Å². The minimum atomic E-state index is -4.96. The Hall–Kier alpha value is -2.39. The largest absolute Gasteiger partial charge is 0.416 e. The zero-order valence-corrected chi connectivity index (χ0v) is 17.0. The van der Waals surface area contributed by atoms with Crippen molar-refractivity contribution in [3.05, 3.63) is 83.2 Å². The summed E-state index contributed by atoms with van der Waals surface area (Å²) in [5.41, 5.74) is -2.45. The van der Waals surface area contributed by atoms with Gasteiger partial charge in [0, 0.05) is 5.92 Å². The van der Waals surface area contributed by atoms with Crippen LogP contribution in [0.5, 0.6) is 0 Å². The second-order valence-corrected chi connectivity index (χ2v) is 7.62. The van der Waals surface area contributed by atoms with Gasteiger partial charge in [-0.3, -0.25) is 0 Å². The Bertz CT molecular complexity index is 903. The summed E-state index contributed by atoms with van der Waals surface area (Å²) < 4.78 is 104. The van der Waals surface area contributed by atoms with Crippen LogP contribution < -0.4 is 0 Å². The average Bonchev–Trinajstić information content (AvgIpc) is 2.72. The highest BCUT2D eigenvalue weighted by atomic mass is 19.4. The lowest BCUT2D eigenvalue weighted by Crippen LogP contribution is -2.36. The predicted octanol–water partition coefficient (Wildman–Crippen LogP) is 7.27. The number of rotatable bonds is 5. The van der Waals surface area contributed by atoms with E-state index in [0.29, 0.717) is 24.1 Å². The molecule has 1 aliphatic heterocycles. The van der Waals surface area contributed by atoms with Crippen LogP contribution in [0, 0.1) is 11.7 Å². The Morgan fingerprint density at radius 1 is 1.00 bits per heavy atom. The SMILES string of the molecule is C=C[C@H]1CCOC(OC(C)c2cc(C(F)(F)F)cc(C(F)(F)F)c2)[C@H]1c1ccc(F)cc1. The molecule has 1 fully saturated rings. The minimum Gasteiger partial charge on any atom is -0.352 e. The molecule has 0 N–H and O–H groups in total. The molecule has 4 atom stereocenters. The molecule has 2 nitrogen and oxygen atoms in total. The molecule has 2 aromatic carbocycles. The lowest BCUT2D eigenvalue weighted by atomic mass is 9.82. The van der Waals surface area contributed by atoms with Crippen LogP contribution in [0.15, 0.2) is 55.1 Å². The van der Waals surface area contributed by atoms with Crippen LogP contribution in [0.3, 0.4) is 0 Å². The third kappa shape index (κ3) is 5.50. The van der Waals surface area contributed by atoms with Crippen molar-refractivity contribution in [2.75, 3.05) is 6.61 Å². The maximum absolute atomic E-state index is 13.4. The number of hydrogen-bond acceptors (Lipinski definition) is 2. The molecule has 32 heavy (non-hydrogen) atoms. The monoisotopic (exact) mass is 462 g/mol. The van der Waals surface area contributed by atoms with E-state index in [2.05, 4.69) is 6.58 Å². The molecule has 1 heterocycles. The van der Waals surface area contributed by atoms with Crippen LogP contribution >= 0.6 is 0 Å². The van der Waals surface area contributed by atoms with Gasteiger partial charge in [-0.1, -0.05) is 18.2 Å². The Morgan fingerprint density at radius 2 is 1.56 bits per heavy atom. The van der Waals surface area contributed by atoms with Crippen LogP contribution in [0.2, 0.25) is 0 Å². The van der Waals surface area contributed by atoms with Crippen molar-refractivity contribution in [1.82, 2.24) is 0 Å². The number of allylic oxidation sites excluding steroid dienone is 1. The Balaban J connectivity index is 1.94. The van der Waals surface area contributed by atoms with E-state index in [4.69, 9.17) is 9.47 Å². The molecular formula is C23H21F7O2. The van der Waals surface area contributed by atoms with Crippen molar-refractivity contribution in [1.29, 1.82) is 0 Å². The van der Waals surface area contributed by atoms with Gasteiger partial charge in [0.05, 0.1) is 23.8 Å². The first kappa shape index (κ1) is 24.3. The fraction of sp³-hybridized carbons (Fsp3) is 0.391. The highest BCUT2D eigenvalue weighted by Gasteiger charge is 2.39. The van der Waals surface area contributed by atoms with Gasteiger partial charge in [-0.2, -0.15) is 26.3 Å². The number of ether oxygens (including phenoxy) is 2. The van der Waals surface area contributed by atoms with Crippen molar-refractivity contribution in [3.63, 3.8) is 0 Å². The fourth-order valence-electron chi connectivity index (χ4n) is 3.78. The molecule has 2 aromatic rings. The van der Waals surface area contributed by atoms with Crippen LogP contribution in [-0.2, 0) is 21.8 Å². The fourth-order valence-corrected chi connectivity index (χ4v) is 3.78. The molecule has 0 bridgehead atoms. The quantitative estimate of drug-likeness (QED) is 0.344. The molecule has 0 radical (unpaired) electrons. The molecule has 0 amide bonds. The molecule has 0 spiro atoms. The van der Waals surface area contributed by atoms with E-state index in [9.17, 15) is 30.7 Å². The van der Waals surface area contributed by atoms with E-state index in [1.165, 1.54) is 31.2 Å². The molecule has 0 aliphatic carbocycles. The molecule has 1 saturated heterocycles. The molecule has 0 saturated carbocycles. The maximum atomic E-state index is 13.4. The number of benzene rings is 2. The van der Waals surface area contributed by atoms with E-state index >= 15 is 0 Å². The summed E-state index contributed by atoms with van der Waals surface area (Å²) in [6, 6.07) is 6.94. The summed E-state index contributed by atoms with van der Waals surface area (Å²) in [5, 5.41) is 0. The Kier molecular flexibility index (Phi) is 7.00. The van der Waals surface area contributed by atoms with Gasteiger partial charge in [-0.05, 0) is 60.7 Å². The predicted molar refractivity (Wildman–Crippen MR) is 103 cm³/mol. The standard InChI is InChI=1S/C23H21F7O2/c1-3-14-8-9-31-21(20(14)15-4-6-19(24)7-5-15)32-13(2)16-10-17(22(25,26)27)12-18(11-16)23(28,29)30/h3-7,10-14,20-21H,1,8-9H2,2H3/t13?,14-,20+,21?/m0/s1. The summed E-state index contributed by atoms with van der Waals surface area (Å²) in [4.78, 5) is 0. The van der Waals surface area contributed by atoms with E-state index < -0.39 is 47.6 Å². The van der Waals surface area contributed by atoms with Crippen molar-refractivity contribution < 1.29 is 40.2 Å². The molecule has 0 aromatic heterocycles. The van der Waals surface area contributed by atoms with Crippen LogP contribution in [0.25, 0.3) is 0 Å².